The summed E-state index contributed by atoms with van der Waals surface area (Å²) >= 11 is 0. The van der Waals surface area contributed by atoms with E-state index in [9.17, 15) is 9.59 Å². The van der Waals surface area contributed by atoms with Crippen molar-refractivity contribution in [3.63, 3.8) is 0 Å². The zero-order valence-electron chi connectivity index (χ0n) is 8.93. The average molecular weight is 220 g/mol. The largest absolute Gasteiger partial charge is 0.481 e. The molecule has 0 saturated carbocycles. The minimum atomic E-state index is -0.726. The number of carbonyl (C=O) groups excluding carboxylic acids is 2. The standard InChI is InChI=1S/C12H12O4/c1-2-15-11(13)7-10-12(14)8-5-3-4-6-9(8)16-10/h3-6,10H,2,7H2,1H3/t10-/m0/s1. The molecule has 0 bridgehead atoms. The number of ketones is 1. The van der Waals surface area contributed by atoms with Crippen LogP contribution < -0.4 is 4.74 Å². The van der Waals surface area contributed by atoms with Crippen LogP contribution in [0.5, 0.6) is 5.75 Å². The van der Waals surface area contributed by atoms with Crippen molar-refractivity contribution in [3.8, 4) is 5.75 Å². The fourth-order valence-corrected chi connectivity index (χ4v) is 1.66. The number of esters is 1. The van der Waals surface area contributed by atoms with Crippen molar-refractivity contribution < 1.29 is 19.1 Å². The zero-order valence-corrected chi connectivity index (χ0v) is 8.93. The maximum Gasteiger partial charge on any atom is 0.310 e. The van der Waals surface area contributed by atoms with Gasteiger partial charge in [-0.3, -0.25) is 9.59 Å². The van der Waals surface area contributed by atoms with Gasteiger partial charge < -0.3 is 9.47 Å². The summed E-state index contributed by atoms with van der Waals surface area (Å²) < 4.78 is 10.2. The lowest BCUT2D eigenvalue weighted by atomic mass is 10.1. The third-order valence-corrected chi connectivity index (χ3v) is 2.37. The highest BCUT2D eigenvalue weighted by molar-refractivity contribution is 6.05. The van der Waals surface area contributed by atoms with Crippen LogP contribution in [0.2, 0.25) is 0 Å². The number of fused-ring (bicyclic) bond motifs is 1. The van der Waals surface area contributed by atoms with Crippen LogP contribution in [0.3, 0.4) is 0 Å². The van der Waals surface area contributed by atoms with Gasteiger partial charge in [0.15, 0.2) is 6.10 Å². The molecule has 0 saturated heterocycles. The van der Waals surface area contributed by atoms with Crippen molar-refractivity contribution in [2.45, 2.75) is 19.4 Å². The Kier molecular flexibility index (Phi) is 2.90. The highest BCUT2D eigenvalue weighted by Gasteiger charge is 2.33. The molecule has 0 fully saturated rings. The topological polar surface area (TPSA) is 52.6 Å². The SMILES string of the molecule is CCOC(=O)C[C@@H]1Oc2ccccc2C1=O. The molecule has 1 aliphatic rings. The van der Waals surface area contributed by atoms with E-state index in [1.165, 1.54) is 0 Å². The van der Waals surface area contributed by atoms with Gasteiger partial charge in [-0.25, -0.2) is 0 Å². The summed E-state index contributed by atoms with van der Waals surface area (Å²) in [7, 11) is 0. The molecule has 0 aliphatic carbocycles. The molecule has 16 heavy (non-hydrogen) atoms. The first-order valence-electron chi connectivity index (χ1n) is 5.18. The predicted molar refractivity (Wildman–Crippen MR) is 56.4 cm³/mol. The molecule has 0 amide bonds. The maximum absolute atomic E-state index is 11.8. The molecule has 0 spiro atoms. The molecular formula is C12H12O4. The monoisotopic (exact) mass is 220 g/mol. The zero-order chi connectivity index (χ0) is 11.5. The first kappa shape index (κ1) is 10.7. The van der Waals surface area contributed by atoms with Crippen LogP contribution in [0.15, 0.2) is 24.3 Å². The van der Waals surface area contributed by atoms with Gasteiger partial charge in [-0.05, 0) is 19.1 Å². The summed E-state index contributed by atoms with van der Waals surface area (Å²) in [5.74, 6) is -0.0147. The second-order valence-electron chi connectivity index (χ2n) is 3.48. The van der Waals surface area contributed by atoms with E-state index in [0.29, 0.717) is 17.9 Å². The molecule has 0 unspecified atom stereocenters. The van der Waals surface area contributed by atoms with Gasteiger partial charge in [0, 0.05) is 0 Å². The third kappa shape index (κ3) is 1.91. The third-order valence-electron chi connectivity index (χ3n) is 2.37. The molecule has 1 heterocycles. The number of Topliss-reactive ketones (excluding diaryl/α,β-unsaturated/α-hetero) is 1. The number of hydrogen-bond donors (Lipinski definition) is 0. The Balaban J connectivity index is 2.07. The molecule has 0 N–H and O–H groups in total. The van der Waals surface area contributed by atoms with E-state index in [-0.39, 0.29) is 12.2 Å². The Bertz CT molecular complexity index is 425. The maximum atomic E-state index is 11.8. The van der Waals surface area contributed by atoms with Gasteiger partial charge in [0.05, 0.1) is 18.6 Å². The first-order chi connectivity index (χ1) is 7.72. The fraction of sp³-hybridized carbons (Fsp3) is 0.333. The van der Waals surface area contributed by atoms with Crippen molar-refractivity contribution in [2.75, 3.05) is 6.61 Å². The lowest BCUT2D eigenvalue weighted by Gasteiger charge is -2.07. The van der Waals surface area contributed by atoms with Crippen LogP contribution in [0, 0.1) is 0 Å². The van der Waals surface area contributed by atoms with Crippen LogP contribution in [0.1, 0.15) is 23.7 Å². The number of carbonyl (C=O) groups is 2. The smallest absolute Gasteiger partial charge is 0.310 e. The number of ether oxygens (including phenoxy) is 2. The van der Waals surface area contributed by atoms with Gasteiger partial charge in [0.1, 0.15) is 5.75 Å². The summed E-state index contributed by atoms with van der Waals surface area (Å²) in [6, 6.07) is 6.98. The van der Waals surface area contributed by atoms with Crippen molar-refractivity contribution in [2.24, 2.45) is 0 Å². The van der Waals surface area contributed by atoms with Gasteiger partial charge in [-0.2, -0.15) is 0 Å². The minimum absolute atomic E-state index is 0.0264. The highest BCUT2D eigenvalue weighted by Crippen LogP contribution is 2.29. The quantitative estimate of drug-likeness (QED) is 0.726. The molecule has 0 aromatic heterocycles. The first-order valence-corrected chi connectivity index (χ1v) is 5.18. The van der Waals surface area contributed by atoms with Crippen LogP contribution in [-0.4, -0.2) is 24.5 Å². The molecule has 1 atom stereocenters. The molecule has 2 rings (SSSR count). The predicted octanol–water partition coefficient (Wildman–Crippen LogP) is 1.58. The Labute approximate surface area is 93.2 Å². The fourth-order valence-electron chi connectivity index (χ4n) is 1.66. The summed E-state index contributed by atoms with van der Waals surface area (Å²) in [4.78, 5) is 23.0. The lowest BCUT2D eigenvalue weighted by Crippen LogP contribution is -2.25. The number of rotatable bonds is 3. The Morgan fingerprint density at radius 3 is 2.88 bits per heavy atom. The van der Waals surface area contributed by atoms with E-state index in [0.717, 1.165) is 0 Å². The average Bonchev–Trinajstić information content (AvgIpc) is 2.57. The van der Waals surface area contributed by atoms with E-state index in [1.54, 1.807) is 31.2 Å². The molecule has 1 aromatic rings. The molecule has 0 radical (unpaired) electrons. The molecule has 84 valence electrons. The Morgan fingerprint density at radius 2 is 2.19 bits per heavy atom. The minimum Gasteiger partial charge on any atom is -0.481 e. The Morgan fingerprint density at radius 1 is 1.44 bits per heavy atom. The van der Waals surface area contributed by atoms with Crippen molar-refractivity contribution in [1.29, 1.82) is 0 Å². The summed E-state index contributed by atoms with van der Waals surface area (Å²) in [6.07, 6.45) is -0.752. The van der Waals surface area contributed by atoms with E-state index in [4.69, 9.17) is 9.47 Å². The summed E-state index contributed by atoms with van der Waals surface area (Å²) in [6.45, 7) is 2.04. The van der Waals surface area contributed by atoms with Gasteiger partial charge in [-0.15, -0.1) is 0 Å². The van der Waals surface area contributed by atoms with Crippen LogP contribution in [0.4, 0.5) is 0 Å². The van der Waals surface area contributed by atoms with Gasteiger partial charge in [0.2, 0.25) is 5.78 Å². The molecule has 4 nitrogen and oxygen atoms in total. The van der Waals surface area contributed by atoms with E-state index in [2.05, 4.69) is 0 Å². The second-order valence-corrected chi connectivity index (χ2v) is 3.48. The second kappa shape index (κ2) is 4.35. The number of hydrogen-bond acceptors (Lipinski definition) is 4. The van der Waals surface area contributed by atoms with Crippen molar-refractivity contribution in [3.05, 3.63) is 29.8 Å². The van der Waals surface area contributed by atoms with E-state index < -0.39 is 12.1 Å². The van der Waals surface area contributed by atoms with Crippen molar-refractivity contribution >= 4 is 11.8 Å². The van der Waals surface area contributed by atoms with E-state index in [1.807, 2.05) is 0 Å². The molecular weight excluding hydrogens is 208 g/mol. The molecule has 4 heteroatoms. The summed E-state index contributed by atoms with van der Waals surface area (Å²) in [5.41, 5.74) is 0.539. The number of para-hydroxylation sites is 1. The van der Waals surface area contributed by atoms with Gasteiger partial charge >= 0.3 is 5.97 Å². The summed E-state index contributed by atoms with van der Waals surface area (Å²) in [5, 5.41) is 0. The number of benzene rings is 1. The van der Waals surface area contributed by atoms with Crippen LogP contribution in [-0.2, 0) is 9.53 Å². The lowest BCUT2D eigenvalue weighted by molar-refractivity contribution is -0.144. The highest BCUT2D eigenvalue weighted by atomic mass is 16.5. The van der Waals surface area contributed by atoms with E-state index >= 15 is 0 Å². The Hall–Kier alpha value is -1.84. The van der Waals surface area contributed by atoms with Gasteiger partial charge in [0.25, 0.3) is 0 Å². The van der Waals surface area contributed by atoms with Crippen LogP contribution >= 0.6 is 0 Å². The normalized spacial score (nSPS) is 17.8. The van der Waals surface area contributed by atoms with Gasteiger partial charge in [-0.1, -0.05) is 12.1 Å². The van der Waals surface area contributed by atoms with Crippen LogP contribution in [0.25, 0.3) is 0 Å². The molecule has 1 aromatic carbocycles. The van der Waals surface area contributed by atoms with Crippen molar-refractivity contribution in [1.82, 2.24) is 0 Å². The molecule has 1 aliphatic heterocycles.